The van der Waals surface area contributed by atoms with Gasteiger partial charge in [-0.15, -0.1) is 0 Å². The lowest BCUT2D eigenvalue weighted by molar-refractivity contribution is 0.0691. The molecular formula is C10H6ClNO3. The smallest absolute Gasteiger partial charge is 0.358 e. The van der Waals surface area contributed by atoms with Crippen molar-refractivity contribution in [3.05, 3.63) is 41.4 Å². The van der Waals surface area contributed by atoms with Crippen molar-refractivity contribution in [1.82, 2.24) is 4.98 Å². The minimum absolute atomic E-state index is 0.114. The number of hydrogen-bond acceptors (Lipinski definition) is 3. The first-order valence-electron chi connectivity index (χ1n) is 4.11. The predicted molar refractivity (Wildman–Crippen MR) is 53.9 cm³/mol. The zero-order valence-corrected chi connectivity index (χ0v) is 8.23. The molecule has 1 N–H and O–H groups in total. The molecule has 0 bridgehead atoms. The van der Waals surface area contributed by atoms with E-state index in [1.807, 2.05) is 0 Å². The Bertz CT molecular complexity index is 507. The van der Waals surface area contributed by atoms with Gasteiger partial charge < -0.3 is 9.52 Å². The van der Waals surface area contributed by atoms with Crippen molar-refractivity contribution in [2.24, 2.45) is 0 Å². The van der Waals surface area contributed by atoms with Crippen LogP contribution in [-0.2, 0) is 0 Å². The Balaban J connectivity index is 2.54. The summed E-state index contributed by atoms with van der Waals surface area (Å²) in [5, 5.41) is 9.34. The number of oxazole rings is 1. The number of carboxylic acids is 1. The van der Waals surface area contributed by atoms with Crippen LogP contribution in [-0.4, -0.2) is 16.1 Å². The fraction of sp³-hybridized carbons (Fsp3) is 0. The topological polar surface area (TPSA) is 63.3 Å². The summed E-state index contributed by atoms with van der Waals surface area (Å²) in [6, 6.07) is 6.74. The predicted octanol–water partition coefficient (Wildman–Crippen LogP) is 2.69. The minimum atomic E-state index is -1.13. The molecule has 0 atom stereocenters. The number of aromatic nitrogens is 1. The van der Waals surface area contributed by atoms with Crippen molar-refractivity contribution in [1.29, 1.82) is 0 Å². The van der Waals surface area contributed by atoms with Gasteiger partial charge in [-0.1, -0.05) is 23.7 Å². The molecule has 2 rings (SSSR count). The molecule has 0 spiro atoms. The van der Waals surface area contributed by atoms with Crippen LogP contribution in [0, 0.1) is 0 Å². The van der Waals surface area contributed by atoms with E-state index in [1.54, 1.807) is 24.3 Å². The van der Waals surface area contributed by atoms with Gasteiger partial charge in [0.25, 0.3) is 0 Å². The summed E-state index contributed by atoms with van der Waals surface area (Å²) >= 11 is 5.78. The van der Waals surface area contributed by atoms with E-state index in [0.717, 1.165) is 6.39 Å². The van der Waals surface area contributed by atoms with Crippen molar-refractivity contribution in [3.8, 4) is 11.3 Å². The van der Waals surface area contributed by atoms with Crippen LogP contribution in [0.1, 0.15) is 10.5 Å². The molecule has 0 aliphatic rings. The summed E-state index contributed by atoms with van der Waals surface area (Å²) in [5.41, 5.74) is 0.481. The zero-order valence-electron chi connectivity index (χ0n) is 7.48. The molecule has 2 aromatic rings. The molecule has 0 radical (unpaired) electrons. The van der Waals surface area contributed by atoms with Gasteiger partial charge in [0.2, 0.25) is 0 Å². The standard InChI is InChI=1S/C10H6ClNO3/c11-7-3-1-2-6(4-7)9-8(10(13)14)12-5-15-9/h1-5H,(H,13,14). The molecule has 4 nitrogen and oxygen atoms in total. The third kappa shape index (κ3) is 1.85. The summed E-state index contributed by atoms with van der Waals surface area (Å²) in [4.78, 5) is 14.4. The fourth-order valence-corrected chi connectivity index (χ4v) is 1.42. The van der Waals surface area contributed by atoms with Crippen LogP contribution in [0.3, 0.4) is 0 Å². The number of benzene rings is 1. The van der Waals surface area contributed by atoms with Gasteiger partial charge in [0.15, 0.2) is 17.8 Å². The summed E-state index contributed by atoms with van der Waals surface area (Å²) in [6.07, 6.45) is 1.10. The van der Waals surface area contributed by atoms with Gasteiger partial charge in [-0.3, -0.25) is 0 Å². The van der Waals surface area contributed by atoms with E-state index in [2.05, 4.69) is 4.98 Å². The number of hydrogen-bond donors (Lipinski definition) is 1. The molecule has 76 valence electrons. The molecule has 1 aromatic carbocycles. The van der Waals surface area contributed by atoms with Gasteiger partial charge in [-0.05, 0) is 12.1 Å². The second kappa shape index (κ2) is 3.74. The Morgan fingerprint density at radius 2 is 2.27 bits per heavy atom. The molecule has 0 aliphatic carbocycles. The van der Waals surface area contributed by atoms with Crippen LogP contribution < -0.4 is 0 Å². The van der Waals surface area contributed by atoms with Gasteiger partial charge in [-0.25, -0.2) is 9.78 Å². The maximum Gasteiger partial charge on any atom is 0.358 e. The van der Waals surface area contributed by atoms with Crippen molar-refractivity contribution in [2.75, 3.05) is 0 Å². The maximum atomic E-state index is 10.8. The van der Waals surface area contributed by atoms with E-state index < -0.39 is 5.97 Å². The highest BCUT2D eigenvalue weighted by Crippen LogP contribution is 2.25. The second-order valence-electron chi connectivity index (χ2n) is 2.85. The normalized spacial score (nSPS) is 10.2. The van der Waals surface area contributed by atoms with E-state index >= 15 is 0 Å². The van der Waals surface area contributed by atoms with Crippen LogP contribution in [0.4, 0.5) is 0 Å². The first-order valence-corrected chi connectivity index (χ1v) is 4.49. The minimum Gasteiger partial charge on any atom is -0.476 e. The quantitative estimate of drug-likeness (QED) is 0.850. The van der Waals surface area contributed by atoms with E-state index in [1.165, 1.54) is 0 Å². The number of halogens is 1. The summed E-state index contributed by atoms with van der Waals surface area (Å²) in [5.74, 6) is -0.913. The van der Waals surface area contributed by atoms with Crippen molar-refractivity contribution >= 4 is 17.6 Å². The maximum absolute atomic E-state index is 10.8. The van der Waals surface area contributed by atoms with Crippen LogP contribution in [0.2, 0.25) is 5.02 Å². The summed E-state index contributed by atoms with van der Waals surface area (Å²) < 4.78 is 5.02. The van der Waals surface area contributed by atoms with Crippen molar-refractivity contribution in [3.63, 3.8) is 0 Å². The van der Waals surface area contributed by atoms with Gasteiger partial charge in [-0.2, -0.15) is 0 Å². The van der Waals surface area contributed by atoms with Crippen LogP contribution in [0.15, 0.2) is 35.1 Å². The number of nitrogens with zero attached hydrogens (tertiary/aromatic N) is 1. The highest BCUT2D eigenvalue weighted by molar-refractivity contribution is 6.30. The SMILES string of the molecule is O=C(O)c1ncoc1-c1cccc(Cl)c1. The van der Waals surface area contributed by atoms with Gasteiger partial charge in [0.1, 0.15) is 0 Å². The molecule has 0 amide bonds. The molecule has 1 aromatic heterocycles. The molecule has 0 aliphatic heterocycles. The highest BCUT2D eigenvalue weighted by atomic mass is 35.5. The summed E-state index contributed by atoms with van der Waals surface area (Å²) in [6.45, 7) is 0. The Morgan fingerprint density at radius 1 is 1.47 bits per heavy atom. The fourth-order valence-electron chi connectivity index (χ4n) is 1.23. The average molecular weight is 224 g/mol. The molecule has 0 saturated heterocycles. The lowest BCUT2D eigenvalue weighted by atomic mass is 10.1. The number of aromatic carboxylic acids is 1. The van der Waals surface area contributed by atoms with E-state index in [9.17, 15) is 4.79 Å². The Kier molecular flexibility index (Phi) is 2.43. The molecule has 15 heavy (non-hydrogen) atoms. The van der Waals surface area contributed by atoms with E-state index in [0.29, 0.717) is 10.6 Å². The lowest BCUT2D eigenvalue weighted by Crippen LogP contribution is -1.98. The summed E-state index contributed by atoms with van der Waals surface area (Å²) in [7, 11) is 0. The highest BCUT2D eigenvalue weighted by Gasteiger charge is 2.16. The molecule has 5 heteroatoms. The first kappa shape index (κ1) is 9.73. The number of carbonyl (C=O) groups is 1. The number of carboxylic acid groups (broad SMARTS) is 1. The zero-order chi connectivity index (χ0) is 10.8. The Hall–Kier alpha value is -1.81. The molecule has 0 unspecified atom stereocenters. The van der Waals surface area contributed by atoms with Crippen molar-refractivity contribution in [2.45, 2.75) is 0 Å². The third-order valence-electron chi connectivity index (χ3n) is 1.86. The molecule has 0 saturated carbocycles. The third-order valence-corrected chi connectivity index (χ3v) is 2.09. The molecule has 1 heterocycles. The van der Waals surface area contributed by atoms with Crippen LogP contribution in [0.5, 0.6) is 0 Å². The number of rotatable bonds is 2. The van der Waals surface area contributed by atoms with E-state index in [-0.39, 0.29) is 11.5 Å². The molecular weight excluding hydrogens is 218 g/mol. The van der Waals surface area contributed by atoms with Gasteiger partial charge >= 0.3 is 5.97 Å². The van der Waals surface area contributed by atoms with Crippen LogP contribution in [0.25, 0.3) is 11.3 Å². The van der Waals surface area contributed by atoms with Crippen molar-refractivity contribution < 1.29 is 14.3 Å². The first-order chi connectivity index (χ1) is 7.18. The Morgan fingerprint density at radius 3 is 2.93 bits per heavy atom. The largest absolute Gasteiger partial charge is 0.476 e. The van der Waals surface area contributed by atoms with Crippen LogP contribution >= 0.6 is 11.6 Å². The monoisotopic (exact) mass is 223 g/mol. The van der Waals surface area contributed by atoms with E-state index in [4.69, 9.17) is 21.1 Å². The van der Waals surface area contributed by atoms with Gasteiger partial charge in [0.05, 0.1) is 0 Å². The lowest BCUT2D eigenvalue weighted by Gasteiger charge is -1.98. The average Bonchev–Trinajstić information content (AvgIpc) is 2.65. The van der Waals surface area contributed by atoms with Gasteiger partial charge in [0, 0.05) is 10.6 Å². The Labute approximate surface area is 90.1 Å². The second-order valence-corrected chi connectivity index (χ2v) is 3.28. The molecule has 0 fully saturated rings.